The molecule has 0 spiro atoms. The molecule has 0 heterocycles. The molecule has 0 saturated carbocycles. The van der Waals surface area contributed by atoms with Gasteiger partial charge < -0.3 is 16.6 Å². The number of aliphatic hydroxyl groups excluding tert-OH is 1. The van der Waals surface area contributed by atoms with Crippen molar-refractivity contribution in [3.63, 3.8) is 0 Å². The highest BCUT2D eigenvalue weighted by Crippen LogP contribution is 1.82. The first-order valence-corrected chi connectivity index (χ1v) is 3.21. The molecule has 0 aliphatic rings. The molecule has 0 radical (unpaired) electrons. The zero-order valence-electron chi connectivity index (χ0n) is 6.76. The minimum absolute atomic E-state index is 0.227. The van der Waals surface area contributed by atoms with Crippen LogP contribution in [0.5, 0.6) is 0 Å². The molecule has 10 heavy (non-hydrogen) atoms. The molecule has 3 nitrogen and oxygen atoms in total. The van der Waals surface area contributed by atoms with E-state index in [9.17, 15) is 0 Å². The molecule has 0 unspecified atom stereocenters. The van der Waals surface area contributed by atoms with Gasteiger partial charge in [0.05, 0.1) is 0 Å². The van der Waals surface area contributed by atoms with E-state index in [0.717, 1.165) is 0 Å². The fraction of sp³-hybridized carbons (Fsp3) is 0.429. The third-order valence-corrected chi connectivity index (χ3v) is 0.517. The lowest BCUT2D eigenvalue weighted by Gasteiger charge is -1.84. The van der Waals surface area contributed by atoms with Crippen LogP contribution in [0, 0.1) is 0 Å². The number of hydrogen-bond acceptors (Lipinski definition) is 3. The van der Waals surface area contributed by atoms with Crippen LogP contribution in [0.2, 0.25) is 0 Å². The highest BCUT2D eigenvalue weighted by atomic mass is 16.3. The van der Waals surface area contributed by atoms with Crippen molar-refractivity contribution in [2.75, 3.05) is 0 Å². The average Bonchev–Trinajstić information content (AvgIpc) is 1.89. The molecule has 0 aromatic carbocycles. The van der Waals surface area contributed by atoms with Gasteiger partial charge in [0.25, 0.3) is 0 Å². The second-order valence-corrected chi connectivity index (χ2v) is 1.50. The molecule has 0 bridgehead atoms. The Bertz CT molecular complexity index is 104. The van der Waals surface area contributed by atoms with Gasteiger partial charge in [-0.2, -0.15) is 0 Å². The summed E-state index contributed by atoms with van der Waals surface area (Å²) in [5, 5.41) is 8.34. The third kappa shape index (κ3) is 15.8. The van der Waals surface area contributed by atoms with Crippen molar-refractivity contribution in [2.45, 2.75) is 20.8 Å². The monoisotopic (exact) mass is 144 g/mol. The van der Waals surface area contributed by atoms with Gasteiger partial charge in [0, 0.05) is 5.70 Å². The molecule has 0 saturated heterocycles. The van der Waals surface area contributed by atoms with Crippen molar-refractivity contribution in [1.29, 1.82) is 0 Å². The van der Waals surface area contributed by atoms with Gasteiger partial charge in [0.1, 0.15) is 0 Å². The van der Waals surface area contributed by atoms with Gasteiger partial charge in [-0.15, -0.1) is 0 Å². The van der Waals surface area contributed by atoms with Crippen LogP contribution in [0.15, 0.2) is 23.7 Å². The molecule has 0 atom stereocenters. The van der Waals surface area contributed by atoms with Crippen molar-refractivity contribution >= 4 is 0 Å². The van der Waals surface area contributed by atoms with Crippen LogP contribution < -0.4 is 11.5 Å². The summed E-state index contributed by atoms with van der Waals surface area (Å²) in [6.07, 6.45) is 2.85. The zero-order valence-corrected chi connectivity index (χ0v) is 6.76. The molecule has 0 aromatic rings. The van der Waals surface area contributed by atoms with E-state index in [0.29, 0.717) is 5.70 Å². The lowest BCUT2D eigenvalue weighted by Crippen LogP contribution is -1.94. The van der Waals surface area contributed by atoms with Crippen LogP contribution in [0.3, 0.4) is 0 Å². The predicted molar refractivity (Wildman–Crippen MR) is 44.2 cm³/mol. The van der Waals surface area contributed by atoms with Crippen LogP contribution in [0.25, 0.3) is 0 Å². The second-order valence-electron chi connectivity index (χ2n) is 1.50. The Kier molecular flexibility index (Phi) is 9.18. The molecular formula is C7H16N2O. The van der Waals surface area contributed by atoms with Crippen LogP contribution >= 0.6 is 0 Å². The Morgan fingerprint density at radius 3 is 1.70 bits per heavy atom. The van der Waals surface area contributed by atoms with E-state index in [1.807, 2.05) is 13.8 Å². The van der Waals surface area contributed by atoms with Crippen molar-refractivity contribution in [1.82, 2.24) is 0 Å². The van der Waals surface area contributed by atoms with Crippen molar-refractivity contribution < 1.29 is 5.11 Å². The molecule has 0 fully saturated rings. The lowest BCUT2D eigenvalue weighted by atomic mass is 10.4. The van der Waals surface area contributed by atoms with Crippen LogP contribution in [0.4, 0.5) is 0 Å². The molecule has 0 rings (SSSR count). The maximum absolute atomic E-state index is 8.34. The van der Waals surface area contributed by atoms with Gasteiger partial charge in [0.2, 0.25) is 0 Å². The number of allylic oxidation sites excluding steroid dienone is 3. The molecule has 0 aliphatic heterocycles. The first-order chi connectivity index (χ1) is 4.63. The van der Waals surface area contributed by atoms with Crippen molar-refractivity contribution in [2.24, 2.45) is 11.5 Å². The minimum Gasteiger partial charge on any atom is -0.495 e. The Balaban J connectivity index is 0. The van der Waals surface area contributed by atoms with Gasteiger partial charge >= 0.3 is 0 Å². The largest absolute Gasteiger partial charge is 0.495 e. The van der Waals surface area contributed by atoms with Gasteiger partial charge in [-0.25, -0.2) is 0 Å². The van der Waals surface area contributed by atoms with Gasteiger partial charge in [0.15, 0.2) is 5.88 Å². The van der Waals surface area contributed by atoms with Crippen LogP contribution in [0.1, 0.15) is 20.8 Å². The molecule has 60 valence electrons. The standard InChI is InChI=1S/C5H10N2O.C2H6/c1-4(6)2-3-5(7)8;1-2/h2-3,8H,6-7H2,1H3;1-2H3/b4-2-,5-3+;. The van der Waals surface area contributed by atoms with Crippen LogP contribution in [-0.2, 0) is 0 Å². The smallest absolute Gasteiger partial charge is 0.181 e. The normalized spacial score (nSPS) is 11.9. The topological polar surface area (TPSA) is 72.3 Å². The van der Waals surface area contributed by atoms with E-state index in [1.165, 1.54) is 12.2 Å². The van der Waals surface area contributed by atoms with E-state index in [4.69, 9.17) is 16.6 Å². The number of nitrogens with two attached hydrogens (primary N) is 2. The van der Waals surface area contributed by atoms with E-state index in [2.05, 4.69) is 0 Å². The first kappa shape index (κ1) is 11.6. The fourth-order valence-electron chi connectivity index (χ4n) is 0.217. The van der Waals surface area contributed by atoms with Gasteiger partial charge in [-0.05, 0) is 19.1 Å². The highest BCUT2D eigenvalue weighted by molar-refractivity contribution is 5.08. The molecule has 0 aromatic heterocycles. The highest BCUT2D eigenvalue weighted by Gasteiger charge is 1.74. The summed E-state index contributed by atoms with van der Waals surface area (Å²) in [6.45, 7) is 5.71. The van der Waals surface area contributed by atoms with Crippen LogP contribution in [-0.4, -0.2) is 5.11 Å². The summed E-state index contributed by atoms with van der Waals surface area (Å²) < 4.78 is 0. The first-order valence-electron chi connectivity index (χ1n) is 3.21. The Labute approximate surface area is 62.0 Å². The predicted octanol–water partition coefficient (Wildman–Crippen LogP) is 1.23. The molecule has 0 amide bonds. The minimum atomic E-state index is -0.227. The second kappa shape index (κ2) is 7.88. The van der Waals surface area contributed by atoms with Crippen molar-refractivity contribution in [3.05, 3.63) is 23.7 Å². The quantitative estimate of drug-likeness (QED) is 0.383. The van der Waals surface area contributed by atoms with E-state index >= 15 is 0 Å². The average molecular weight is 144 g/mol. The Morgan fingerprint density at radius 2 is 1.60 bits per heavy atom. The Morgan fingerprint density at radius 1 is 1.20 bits per heavy atom. The van der Waals surface area contributed by atoms with Gasteiger partial charge in [-0.3, -0.25) is 0 Å². The fourth-order valence-corrected chi connectivity index (χ4v) is 0.217. The zero-order chi connectivity index (χ0) is 8.57. The Hall–Kier alpha value is -1.12. The summed E-state index contributed by atoms with van der Waals surface area (Å²) >= 11 is 0. The van der Waals surface area contributed by atoms with Gasteiger partial charge in [-0.1, -0.05) is 13.8 Å². The third-order valence-electron chi connectivity index (χ3n) is 0.517. The summed E-state index contributed by atoms with van der Waals surface area (Å²) in [6, 6.07) is 0. The van der Waals surface area contributed by atoms with Crippen molar-refractivity contribution in [3.8, 4) is 0 Å². The number of rotatable bonds is 1. The number of hydrogen-bond donors (Lipinski definition) is 3. The van der Waals surface area contributed by atoms with E-state index in [-0.39, 0.29) is 5.88 Å². The summed E-state index contributed by atoms with van der Waals surface area (Å²) in [4.78, 5) is 0. The molecule has 0 aliphatic carbocycles. The van der Waals surface area contributed by atoms with E-state index in [1.54, 1.807) is 6.92 Å². The van der Waals surface area contributed by atoms with E-state index < -0.39 is 0 Å². The summed E-state index contributed by atoms with van der Waals surface area (Å²) in [5.41, 5.74) is 10.7. The maximum atomic E-state index is 8.34. The summed E-state index contributed by atoms with van der Waals surface area (Å²) in [7, 11) is 0. The maximum Gasteiger partial charge on any atom is 0.181 e. The molecular weight excluding hydrogens is 128 g/mol. The SMILES string of the molecule is C/C(N)=C/C=C(\N)O.CC. The molecule has 3 heteroatoms. The summed E-state index contributed by atoms with van der Waals surface area (Å²) in [5.74, 6) is -0.227. The lowest BCUT2D eigenvalue weighted by molar-refractivity contribution is 0.406. The molecule has 5 N–H and O–H groups in total. The number of aliphatic hydroxyl groups is 1.